The van der Waals surface area contributed by atoms with Gasteiger partial charge in [-0.05, 0) is 25.1 Å². The number of pyridine rings is 1. The SMILES string of the molecule is Cc1nc(-c2ccccn2)nc2[nH]c(Cl)cc12. The van der Waals surface area contributed by atoms with Crippen LogP contribution in [0.4, 0.5) is 0 Å². The second-order valence-corrected chi connectivity index (χ2v) is 4.13. The van der Waals surface area contributed by atoms with Crippen LogP contribution in [0, 0.1) is 6.92 Å². The minimum atomic E-state index is 0.565. The molecule has 3 rings (SSSR count). The average Bonchev–Trinajstić information content (AvgIpc) is 2.71. The summed E-state index contributed by atoms with van der Waals surface area (Å²) in [6.45, 7) is 1.93. The highest BCUT2D eigenvalue weighted by molar-refractivity contribution is 6.30. The second kappa shape index (κ2) is 3.82. The fraction of sp³-hybridized carbons (Fsp3) is 0.0833. The van der Waals surface area contributed by atoms with Gasteiger partial charge in [-0.15, -0.1) is 0 Å². The lowest BCUT2D eigenvalue weighted by Gasteiger charge is -2.01. The van der Waals surface area contributed by atoms with Crippen molar-refractivity contribution in [1.82, 2.24) is 19.9 Å². The van der Waals surface area contributed by atoms with Crippen molar-refractivity contribution < 1.29 is 0 Å². The van der Waals surface area contributed by atoms with Gasteiger partial charge in [-0.3, -0.25) is 4.98 Å². The van der Waals surface area contributed by atoms with Gasteiger partial charge in [0.25, 0.3) is 0 Å². The maximum absolute atomic E-state index is 5.91. The van der Waals surface area contributed by atoms with Crippen molar-refractivity contribution in [3.8, 4) is 11.5 Å². The van der Waals surface area contributed by atoms with Crippen LogP contribution in [0.3, 0.4) is 0 Å². The standard InChI is InChI=1S/C12H9ClN4/c1-7-8-6-10(13)16-11(8)17-12(15-7)9-4-2-3-5-14-9/h2-6H,1H3,(H,15,16,17). The molecule has 4 nitrogen and oxygen atoms in total. The fourth-order valence-electron chi connectivity index (χ4n) is 1.74. The van der Waals surface area contributed by atoms with Gasteiger partial charge >= 0.3 is 0 Å². The molecular formula is C12H9ClN4. The number of halogens is 1. The lowest BCUT2D eigenvalue weighted by Crippen LogP contribution is -1.94. The van der Waals surface area contributed by atoms with Crippen molar-refractivity contribution in [2.75, 3.05) is 0 Å². The highest BCUT2D eigenvalue weighted by Crippen LogP contribution is 2.22. The number of aryl methyl sites for hydroxylation is 1. The molecule has 1 N–H and O–H groups in total. The van der Waals surface area contributed by atoms with Crippen LogP contribution in [0.15, 0.2) is 30.5 Å². The summed E-state index contributed by atoms with van der Waals surface area (Å²) >= 11 is 5.91. The van der Waals surface area contributed by atoms with E-state index in [1.165, 1.54) is 0 Å². The van der Waals surface area contributed by atoms with Gasteiger partial charge in [0.05, 0.1) is 5.69 Å². The van der Waals surface area contributed by atoms with Crippen LogP contribution in [0.1, 0.15) is 5.69 Å². The van der Waals surface area contributed by atoms with Gasteiger partial charge in [0.1, 0.15) is 16.5 Å². The molecule has 17 heavy (non-hydrogen) atoms. The summed E-state index contributed by atoms with van der Waals surface area (Å²) in [5.41, 5.74) is 2.38. The number of nitrogens with one attached hydrogen (secondary N) is 1. The van der Waals surface area contributed by atoms with Crippen LogP contribution in [0.5, 0.6) is 0 Å². The van der Waals surface area contributed by atoms with Gasteiger partial charge < -0.3 is 4.98 Å². The third kappa shape index (κ3) is 1.76. The first-order chi connectivity index (χ1) is 8.24. The topological polar surface area (TPSA) is 54.5 Å². The molecule has 0 aromatic carbocycles. The Hall–Kier alpha value is -1.94. The third-order valence-electron chi connectivity index (χ3n) is 2.54. The van der Waals surface area contributed by atoms with E-state index in [9.17, 15) is 0 Å². The summed E-state index contributed by atoms with van der Waals surface area (Å²) in [5, 5.41) is 1.50. The van der Waals surface area contributed by atoms with Gasteiger partial charge in [0, 0.05) is 11.6 Å². The number of nitrogens with zero attached hydrogens (tertiary/aromatic N) is 3. The molecule has 0 bridgehead atoms. The van der Waals surface area contributed by atoms with E-state index in [1.807, 2.05) is 31.2 Å². The van der Waals surface area contributed by atoms with Crippen molar-refractivity contribution in [3.63, 3.8) is 0 Å². The van der Waals surface area contributed by atoms with Crippen LogP contribution in [-0.2, 0) is 0 Å². The first-order valence-corrected chi connectivity index (χ1v) is 5.56. The Bertz CT molecular complexity index is 676. The Labute approximate surface area is 103 Å². The van der Waals surface area contributed by atoms with Crippen LogP contribution < -0.4 is 0 Å². The van der Waals surface area contributed by atoms with Gasteiger partial charge in [-0.2, -0.15) is 0 Å². The molecule has 0 saturated carbocycles. The molecule has 0 aliphatic rings. The van der Waals surface area contributed by atoms with Gasteiger partial charge in [-0.25, -0.2) is 9.97 Å². The molecule has 0 spiro atoms. The van der Waals surface area contributed by atoms with E-state index in [0.717, 1.165) is 22.4 Å². The summed E-state index contributed by atoms with van der Waals surface area (Å²) in [4.78, 5) is 16.1. The number of hydrogen-bond acceptors (Lipinski definition) is 3. The number of rotatable bonds is 1. The average molecular weight is 245 g/mol. The second-order valence-electron chi connectivity index (χ2n) is 3.73. The Kier molecular flexibility index (Phi) is 2.30. The minimum Gasteiger partial charge on any atom is -0.330 e. The lowest BCUT2D eigenvalue weighted by atomic mass is 10.3. The van der Waals surface area contributed by atoms with E-state index in [2.05, 4.69) is 19.9 Å². The zero-order valence-corrected chi connectivity index (χ0v) is 9.86. The van der Waals surface area contributed by atoms with Gasteiger partial charge in [-0.1, -0.05) is 17.7 Å². The number of hydrogen-bond donors (Lipinski definition) is 1. The minimum absolute atomic E-state index is 0.565. The van der Waals surface area contributed by atoms with Crippen LogP contribution in [-0.4, -0.2) is 19.9 Å². The monoisotopic (exact) mass is 244 g/mol. The van der Waals surface area contributed by atoms with E-state index < -0.39 is 0 Å². The Morgan fingerprint density at radius 1 is 1.24 bits per heavy atom. The molecule has 0 unspecified atom stereocenters. The molecule has 0 atom stereocenters. The highest BCUT2D eigenvalue weighted by atomic mass is 35.5. The Morgan fingerprint density at radius 3 is 2.88 bits per heavy atom. The Balaban J connectivity index is 2.25. The maximum atomic E-state index is 5.91. The highest BCUT2D eigenvalue weighted by Gasteiger charge is 2.09. The third-order valence-corrected chi connectivity index (χ3v) is 2.74. The largest absolute Gasteiger partial charge is 0.330 e. The lowest BCUT2D eigenvalue weighted by molar-refractivity contribution is 1.12. The quantitative estimate of drug-likeness (QED) is 0.716. The maximum Gasteiger partial charge on any atom is 0.180 e. The van der Waals surface area contributed by atoms with Crippen LogP contribution in [0.25, 0.3) is 22.6 Å². The molecule has 0 saturated heterocycles. The predicted octanol–water partition coefficient (Wildman–Crippen LogP) is 2.98. The molecule has 0 aliphatic heterocycles. The van der Waals surface area contributed by atoms with Crippen molar-refractivity contribution in [3.05, 3.63) is 41.3 Å². The molecule has 0 aliphatic carbocycles. The summed E-state index contributed by atoms with van der Waals surface area (Å²) in [5.74, 6) is 0.606. The summed E-state index contributed by atoms with van der Waals surface area (Å²) < 4.78 is 0. The molecule has 3 aromatic rings. The van der Waals surface area contributed by atoms with Crippen LogP contribution >= 0.6 is 11.6 Å². The van der Waals surface area contributed by atoms with Crippen molar-refractivity contribution in [1.29, 1.82) is 0 Å². The normalized spacial score (nSPS) is 10.9. The molecule has 5 heteroatoms. The van der Waals surface area contributed by atoms with Crippen LogP contribution in [0.2, 0.25) is 5.15 Å². The zero-order chi connectivity index (χ0) is 11.8. The van der Waals surface area contributed by atoms with Crippen molar-refractivity contribution in [2.45, 2.75) is 6.92 Å². The molecule has 84 valence electrons. The van der Waals surface area contributed by atoms with E-state index in [4.69, 9.17) is 11.6 Å². The molecule has 0 fully saturated rings. The van der Waals surface area contributed by atoms with Gasteiger partial charge in [0.15, 0.2) is 5.82 Å². The number of fused-ring (bicyclic) bond motifs is 1. The molecule has 0 amide bonds. The predicted molar refractivity (Wildman–Crippen MR) is 66.9 cm³/mol. The number of aromatic amines is 1. The first kappa shape index (κ1) is 10.2. The number of aromatic nitrogens is 4. The van der Waals surface area contributed by atoms with Gasteiger partial charge in [0.2, 0.25) is 0 Å². The zero-order valence-electron chi connectivity index (χ0n) is 9.11. The number of H-pyrrole nitrogens is 1. The fourth-order valence-corrected chi connectivity index (χ4v) is 1.93. The van der Waals surface area contributed by atoms with E-state index in [1.54, 1.807) is 6.20 Å². The molecule has 3 heterocycles. The van der Waals surface area contributed by atoms with E-state index in [-0.39, 0.29) is 0 Å². The smallest absolute Gasteiger partial charge is 0.180 e. The van der Waals surface area contributed by atoms with Crippen molar-refractivity contribution in [2.24, 2.45) is 0 Å². The first-order valence-electron chi connectivity index (χ1n) is 5.18. The van der Waals surface area contributed by atoms with E-state index >= 15 is 0 Å². The Morgan fingerprint density at radius 2 is 2.12 bits per heavy atom. The van der Waals surface area contributed by atoms with E-state index in [0.29, 0.717) is 11.0 Å². The molecule has 0 radical (unpaired) electrons. The molecular weight excluding hydrogens is 236 g/mol. The summed E-state index contributed by atoms with van der Waals surface area (Å²) in [6.07, 6.45) is 1.72. The summed E-state index contributed by atoms with van der Waals surface area (Å²) in [6, 6.07) is 7.48. The summed E-state index contributed by atoms with van der Waals surface area (Å²) in [7, 11) is 0. The van der Waals surface area contributed by atoms with Crippen molar-refractivity contribution >= 4 is 22.6 Å². The molecule has 3 aromatic heterocycles.